The van der Waals surface area contributed by atoms with Crippen LogP contribution in [0, 0.1) is 0 Å². The molecule has 2 fully saturated rings. The Bertz CT molecular complexity index is 849. The summed E-state index contributed by atoms with van der Waals surface area (Å²) in [6.07, 6.45) is 8.26. The van der Waals surface area contributed by atoms with E-state index in [4.69, 9.17) is 4.74 Å². The molecule has 1 atom stereocenters. The molecular weight excluding hydrogens is 370 g/mol. The first-order valence-electron chi connectivity index (χ1n) is 10.4. The summed E-state index contributed by atoms with van der Waals surface area (Å²) in [5.74, 6) is 0.601. The zero-order valence-electron chi connectivity index (χ0n) is 16.9. The molecule has 0 radical (unpaired) electrons. The molecule has 1 saturated heterocycles. The van der Waals surface area contributed by atoms with Crippen molar-refractivity contribution < 1.29 is 14.6 Å². The van der Waals surface area contributed by atoms with Crippen LogP contribution in [0.2, 0.25) is 0 Å². The number of nitrogens with zero attached hydrogens (tertiary/aromatic N) is 4. The Morgan fingerprint density at radius 2 is 2.17 bits per heavy atom. The number of para-hydroxylation sites is 1. The Hall–Kier alpha value is -2.61. The minimum Gasteiger partial charge on any atom is -0.504 e. The molecule has 1 aromatic carbocycles. The van der Waals surface area contributed by atoms with Crippen LogP contribution >= 0.6 is 0 Å². The number of aromatic nitrogens is 3. The maximum Gasteiger partial charge on any atom is 0.273 e. The SMILES string of the molecule is COc1cccc(CN2CCCC[C@@H]2CCn2cc(C(=O)NC3CC3)nn2)c1O. The summed E-state index contributed by atoms with van der Waals surface area (Å²) in [5, 5.41) is 21.5. The minimum atomic E-state index is -0.133. The number of nitrogens with one attached hydrogen (secondary N) is 1. The number of aryl methyl sites for hydroxylation is 1. The van der Waals surface area contributed by atoms with Gasteiger partial charge in [0.1, 0.15) is 0 Å². The quantitative estimate of drug-likeness (QED) is 0.708. The Labute approximate surface area is 170 Å². The average molecular weight is 399 g/mol. The molecule has 0 spiro atoms. The summed E-state index contributed by atoms with van der Waals surface area (Å²) in [6, 6.07) is 6.36. The van der Waals surface area contributed by atoms with Gasteiger partial charge in [-0.05, 0) is 44.7 Å². The van der Waals surface area contributed by atoms with Gasteiger partial charge in [0.25, 0.3) is 5.91 Å². The number of carbonyl (C=O) groups excluding carboxylic acids is 1. The third kappa shape index (κ3) is 4.87. The second-order valence-electron chi connectivity index (χ2n) is 7.99. The van der Waals surface area contributed by atoms with Crippen LogP contribution in [0.25, 0.3) is 0 Å². The number of ether oxygens (including phenoxy) is 1. The number of hydrogen-bond donors (Lipinski definition) is 2. The Morgan fingerprint density at radius 3 is 2.97 bits per heavy atom. The van der Waals surface area contributed by atoms with E-state index in [1.54, 1.807) is 24.1 Å². The van der Waals surface area contributed by atoms with Crippen LogP contribution in [0.4, 0.5) is 0 Å². The normalized spacial score (nSPS) is 19.8. The predicted octanol–water partition coefficient (Wildman–Crippen LogP) is 2.33. The van der Waals surface area contributed by atoms with Crippen molar-refractivity contribution in [2.45, 2.75) is 63.7 Å². The van der Waals surface area contributed by atoms with E-state index in [1.807, 2.05) is 12.1 Å². The minimum absolute atomic E-state index is 0.133. The highest BCUT2D eigenvalue weighted by Gasteiger charge is 2.26. The lowest BCUT2D eigenvalue weighted by molar-refractivity contribution is 0.0946. The zero-order valence-corrected chi connectivity index (χ0v) is 16.9. The molecule has 2 N–H and O–H groups in total. The molecule has 0 unspecified atom stereocenters. The zero-order chi connectivity index (χ0) is 20.2. The van der Waals surface area contributed by atoms with Gasteiger partial charge in [-0.25, -0.2) is 0 Å². The highest BCUT2D eigenvalue weighted by atomic mass is 16.5. The van der Waals surface area contributed by atoms with E-state index in [0.717, 1.165) is 50.8 Å². The van der Waals surface area contributed by atoms with Crippen molar-refractivity contribution in [2.75, 3.05) is 13.7 Å². The van der Waals surface area contributed by atoms with Crippen LogP contribution in [0.15, 0.2) is 24.4 Å². The van der Waals surface area contributed by atoms with Gasteiger partial charge in [0.15, 0.2) is 17.2 Å². The van der Waals surface area contributed by atoms with E-state index in [-0.39, 0.29) is 11.7 Å². The Morgan fingerprint density at radius 1 is 1.31 bits per heavy atom. The number of aromatic hydroxyl groups is 1. The number of amides is 1. The molecule has 1 aliphatic heterocycles. The van der Waals surface area contributed by atoms with Gasteiger partial charge in [-0.3, -0.25) is 14.4 Å². The Balaban J connectivity index is 1.36. The van der Waals surface area contributed by atoms with Gasteiger partial charge in [-0.15, -0.1) is 5.10 Å². The molecule has 8 heteroatoms. The molecule has 4 rings (SSSR count). The summed E-state index contributed by atoms with van der Waals surface area (Å²) in [7, 11) is 1.57. The lowest BCUT2D eigenvalue weighted by Crippen LogP contribution is -2.39. The third-order valence-corrected chi connectivity index (χ3v) is 5.80. The van der Waals surface area contributed by atoms with Gasteiger partial charge in [0.05, 0.1) is 13.3 Å². The van der Waals surface area contributed by atoms with Crippen molar-refractivity contribution >= 4 is 5.91 Å². The number of rotatable bonds is 8. The van der Waals surface area contributed by atoms with Crippen molar-refractivity contribution in [3.8, 4) is 11.5 Å². The number of benzene rings is 1. The van der Waals surface area contributed by atoms with E-state index >= 15 is 0 Å². The fourth-order valence-corrected chi connectivity index (χ4v) is 3.95. The molecular formula is C21H29N5O3. The maximum absolute atomic E-state index is 12.1. The summed E-state index contributed by atoms with van der Waals surface area (Å²) >= 11 is 0. The number of carbonyl (C=O) groups is 1. The number of hydrogen-bond acceptors (Lipinski definition) is 6. The van der Waals surface area contributed by atoms with Gasteiger partial charge >= 0.3 is 0 Å². The van der Waals surface area contributed by atoms with E-state index in [1.165, 1.54) is 6.42 Å². The van der Waals surface area contributed by atoms with Crippen molar-refractivity contribution in [3.63, 3.8) is 0 Å². The highest BCUT2D eigenvalue weighted by Crippen LogP contribution is 2.32. The molecule has 156 valence electrons. The fourth-order valence-electron chi connectivity index (χ4n) is 3.95. The summed E-state index contributed by atoms with van der Waals surface area (Å²) in [4.78, 5) is 14.5. The first-order chi connectivity index (χ1) is 14.1. The second kappa shape index (κ2) is 8.82. The van der Waals surface area contributed by atoms with Gasteiger partial charge in [0.2, 0.25) is 0 Å². The van der Waals surface area contributed by atoms with Crippen LogP contribution < -0.4 is 10.1 Å². The fraction of sp³-hybridized carbons (Fsp3) is 0.571. The molecule has 1 saturated carbocycles. The number of methoxy groups -OCH3 is 1. The molecule has 0 bridgehead atoms. The summed E-state index contributed by atoms with van der Waals surface area (Å²) in [5.41, 5.74) is 1.27. The lowest BCUT2D eigenvalue weighted by Gasteiger charge is -2.36. The second-order valence-corrected chi connectivity index (χ2v) is 7.99. The first kappa shape index (κ1) is 19.7. The van der Waals surface area contributed by atoms with Crippen LogP contribution in [-0.2, 0) is 13.1 Å². The molecule has 2 aromatic rings. The largest absolute Gasteiger partial charge is 0.504 e. The first-order valence-corrected chi connectivity index (χ1v) is 10.4. The van der Waals surface area contributed by atoms with Crippen LogP contribution in [0.1, 0.15) is 54.6 Å². The van der Waals surface area contributed by atoms with Crippen LogP contribution in [0.5, 0.6) is 11.5 Å². The van der Waals surface area contributed by atoms with Gasteiger partial charge in [0, 0.05) is 30.7 Å². The maximum atomic E-state index is 12.1. The summed E-state index contributed by atoms with van der Waals surface area (Å²) < 4.78 is 7.00. The molecule has 1 aromatic heterocycles. The average Bonchev–Trinajstić information content (AvgIpc) is 3.42. The van der Waals surface area contributed by atoms with E-state index in [0.29, 0.717) is 30.1 Å². The molecule has 29 heavy (non-hydrogen) atoms. The lowest BCUT2D eigenvalue weighted by atomic mass is 9.98. The van der Waals surface area contributed by atoms with Crippen molar-refractivity contribution in [1.29, 1.82) is 0 Å². The monoisotopic (exact) mass is 399 g/mol. The predicted molar refractivity (Wildman–Crippen MR) is 108 cm³/mol. The van der Waals surface area contributed by atoms with Crippen molar-refractivity contribution in [3.05, 3.63) is 35.7 Å². The van der Waals surface area contributed by atoms with Crippen molar-refractivity contribution in [1.82, 2.24) is 25.2 Å². The topological polar surface area (TPSA) is 92.5 Å². The van der Waals surface area contributed by atoms with Gasteiger partial charge in [-0.2, -0.15) is 0 Å². The molecule has 1 amide bonds. The van der Waals surface area contributed by atoms with E-state index < -0.39 is 0 Å². The number of phenolic OH excluding ortho intramolecular Hbond substituents is 1. The van der Waals surface area contributed by atoms with Crippen LogP contribution in [0.3, 0.4) is 0 Å². The van der Waals surface area contributed by atoms with Gasteiger partial charge in [-0.1, -0.05) is 23.8 Å². The number of piperidine rings is 1. The number of likely N-dealkylation sites (tertiary alicyclic amines) is 1. The number of phenols is 1. The molecule has 8 nitrogen and oxygen atoms in total. The highest BCUT2D eigenvalue weighted by molar-refractivity contribution is 5.92. The van der Waals surface area contributed by atoms with Crippen molar-refractivity contribution in [2.24, 2.45) is 0 Å². The Kier molecular flexibility index (Phi) is 5.99. The third-order valence-electron chi connectivity index (χ3n) is 5.80. The van der Waals surface area contributed by atoms with E-state index in [9.17, 15) is 9.90 Å². The molecule has 2 aliphatic rings. The molecule has 1 aliphatic carbocycles. The summed E-state index contributed by atoms with van der Waals surface area (Å²) in [6.45, 7) is 2.42. The van der Waals surface area contributed by atoms with Gasteiger partial charge < -0.3 is 15.2 Å². The smallest absolute Gasteiger partial charge is 0.273 e. The van der Waals surface area contributed by atoms with Crippen LogP contribution in [-0.4, -0.2) is 56.6 Å². The van der Waals surface area contributed by atoms with E-state index in [2.05, 4.69) is 20.5 Å². The standard InChI is InChI=1S/C21H29N5O3/c1-29-19-7-4-5-15(20(19)27)13-25-11-3-2-6-17(25)10-12-26-14-18(23-24-26)21(28)22-16-8-9-16/h4-5,7,14,16-17,27H,2-3,6,8-13H2,1H3,(H,22,28)/t17-/m1/s1. The molecule has 2 heterocycles.